The molecule has 0 bridgehead atoms. The number of sulfonamides is 1. The molecule has 28 heavy (non-hydrogen) atoms. The zero-order chi connectivity index (χ0) is 20.9. The predicted octanol–water partition coefficient (Wildman–Crippen LogP) is 3.02. The second-order valence-electron chi connectivity index (χ2n) is 5.39. The van der Waals surface area contributed by atoms with Gasteiger partial charge in [0.1, 0.15) is 12.3 Å². The second kappa shape index (κ2) is 8.89. The van der Waals surface area contributed by atoms with Crippen LogP contribution in [0.1, 0.15) is 6.92 Å². The Morgan fingerprint density at radius 1 is 1.25 bits per heavy atom. The minimum Gasteiger partial charge on any atom is -0.495 e. The Kier molecular flexibility index (Phi) is 6.81. The van der Waals surface area contributed by atoms with Crippen LogP contribution in [0.4, 0.5) is 11.4 Å². The number of esters is 1. The number of carbonyl (C=O) groups is 1. The van der Waals surface area contributed by atoms with E-state index in [0.29, 0.717) is 5.75 Å². The first-order valence-electron chi connectivity index (χ1n) is 7.97. The Labute approximate surface area is 166 Å². The van der Waals surface area contributed by atoms with E-state index < -0.39 is 33.1 Å². The van der Waals surface area contributed by atoms with Crippen molar-refractivity contribution < 1.29 is 27.6 Å². The van der Waals surface area contributed by atoms with Crippen LogP contribution in [0.2, 0.25) is 5.02 Å². The third-order valence-electron chi connectivity index (χ3n) is 3.62. The van der Waals surface area contributed by atoms with Crippen molar-refractivity contribution in [3.63, 3.8) is 0 Å². The summed E-state index contributed by atoms with van der Waals surface area (Å²) in [5.74, 6) is -0.474. The Balaban J connectivity index is 2.57. The summed E-state index contributed by atoms with van der Waals surface area (Å²) in [4.78, 5) is 21.9. The lowest BCUT2D eigenvalue weighted by Gasteiger charge is -2.24. The van der Waals surface area contributed by atoms with Crippen LogP contribution in [0.3, 0.4) is 0 Å². The molecule has 0 fully saturated rings. The van der Waals surface area contributed by atoms with Crippen LogP contribution >= 0.6 is 11.6 Å². The molecule has 0 aliphatic rings. The molecule has 9 nitrogen and oxygen atoms in total. The maximum absolute atomic E-state index is 13.1. The first kappa shape index (κ1) is 21.5. The van der Waals surface area contributed by atoms with Gasteiger partial charge >= 0.3 is 5.97 Å². The molecule has 0 aliphatic heterocycles. The Bertz CT molecular complexity index is 995. The number of nitrogens with zero attached hydrogens (tertiary/aromatic N) is 2. The highest BCUT2D eigenvalue weighted by Crippen LogP contribution is 2.32. The van der Waals surface area contributed by atoms with Gasteiger partial charge in [-0.1, -0.05) is 17.7 Å². The molecule has 0 radical (unpaired) electrons. The Hall–Kier alpha value is -2.85. The molecule has 0 saturated carbocycles. The molecule has 0 N–H and O–H groups in total. The molecule has 2 aromatic carbocycles. The fourth-order valence-corrected chi connectivity index (χ4v) is 4.03. The normalized spacial score (nSPS) is 11.0. The summed E-state index contributed by atoms with van der Waals surface area (Å²) in [6.07, 6.45) is 0. The van der Waals surface area contributed by atoms with Crippen LogP contribution in [-0.4, -0.2) is 39.6 Å². The number of hydrogen-bond acceptors (Lipinski definition) is 7. The van der Waals surface area contributed by atoms with Gasteiger partial charge in [-0.3, -0.25) is 19.2 Å². The fourth-order valence-electron chi connectivity index (χ4n) is 2.33. The van der Waals surface area contributed by atoms with Crippen molar-refractivity contribution in [3.8, 4) is 5.75 Å². The highest BCUT2D eigenvalue weighted by atomic mass is 35.5. The van der Waals surface area contributed by atoms with Gasteiger partial charge in [-0.2, -0.15) is 0 Å². The van der Waals surface area contributed by atoms with Gasteiger partial charge < -0.3 is 9.47 Å². The van der Waals surface area contributed by atoms with Gasteiger partial charge in [0.2, 0.25) is 0 Å². The van der Waals surface area contributed by atoms with Gasteiger partial charge in [0.15, 0.2) is 0 Å². The summed E-state index contributed by atoms with van der Waals surface area (Å²) < 4.78 is 36.9. The molecular formula is C17H17ClN2O7S. The lowest BCUT2D eigenvalue weighted by molar-refractivity contribution is -0.385. The van der Waals surface area contributed by atoms with E-state index in [1.165, 1.54) is 43.5 Å². The summed E-state index contributed by atoms with van der Waals surface area (Å²) in [6.45, 7) is 1.01. The third kappa shape index (κ3) is 4.70. The van der Waals surface area contributed by atoms with Crippen molar-refractivity contribution in [3.05, 3.63) is 57.6 Å². The van der Waals surface area contributed by atoms with Crippen LogP contribution in [-0.2, 0) is 19.6 Å². The molecule has 0 atom stereocenters. The van der Waals surface area contributed by atoms with E-state index in [2.05, 4.69) is 0 Å². The van der Waals surface area contributed by atoms with E-state index in [1.807, 2.05) is 0 Å². The van der Waals surface area contributed by atoms with Crippen molar-refractivity contribution in [2.45, 2.75) is 11.8 Å². The summed E-state index contributed by atoms with van der Waals surface area (Å²) in [6, 6.07) is 8.68. The molecular weight excluding hydrogens is 412 g/mol. The molecule has 0 spiro atoms. The molecule has 2 aromatic rings. The van der Waals surface area contributed by atoms with E-state index in [0.717, 1.165) is 10.4 Å². The SMILES string of the molecule is CCOC(=O)CN(c1ccc(OC)c(Cl)c1)S(=O)(=O)c1cccc([N+](=O)[O-])c1. The number of carbonyl (C=O) groups excluding carboxylic acids is 1. The minimum absolute atomic E-state index is 0.0624. The monoisotopic (exact) mass is 428 g/mol. The number of ether oxygens (including phenoxy) is 2. The zero-order valence-electron chi connectivity index (χ0n) is 15.0. The van der Waals surface area contributed by atoms with Crippen LogP contribution in [0.25, 0.3) is 0 Å². The summed E-state index contributed by atoms with van der Waals surface area (Å²) in [7, 11) is -2.93. The van der Waals surface area contributed by atoms with Crippen LogP contribution < -0.4 is 9.04 Å². The Morgan fingerprint density at radius 2 is 1.96 bits per heavy atom. The topological polar surface area (TPSA) is 116 Å². The maximum atomic E-state index is 13.1. The number of halogens is 1. The third-order valence-corrected chi connectivity index (χ3v) is 5.68. The summed E-state index contributed by atoms with van der Waals surface area (Å²) in [5.41, 5.74) is -0.324. The number of rotatable bonds is 8. The maximum Gasteiger partial charge on any atom is 0.326 e. The molecule has 0 saturated heterocycles. The minimum atomic E-state index is -4.33. The van der Waals surface area contributed by atoms with Gasteiger partial charge in [-0.05, 0) is 31.2 Å². The van der Waals surface area contributed by atoms with Crippen molar-refractivity contribution in [2.75, 3.05) is 24.6 Å². The van der Waals surface area contributed by atoms with Gasteiger partial charge in [-0.25, -0.2) is 8.42 Å². The molecule has 0 aromatic heterocycles. The van der Waals surface area contributed by atoms with Gasteiger partial charge in [0.05, 0.1) is 34.2 Å². The molecule has 0 aliphatic carbocycles. The molecule has 0 heterocycles. The first-order valence-corrected chi connectivity index (χ1v) is 9.78. The predicted molar refractivity (Wildman–Crippen MR) is 102 cm³/mol. The number of benzene rings is 2. The molecule has 0 amide bonds. The molecule has 2 rings (SSSR count). The number of nitro benzene ring substituents is 1. The van der Waals surface area contributed by atoms with Crippen molar-refractivity contribution in [2.24, 2.45) is 0 Å². The number of hydrogen-bond donors (Lipinski definition) is 0. The standard InChI is InChI=1S/C17H17ClN2O7S/c1-3-27-17(21)11-19(12-7-8-16(26-2)15(18)10-12)28(24,25)14-6-4-5-13(9-14)20(22)23/h4-10H,3,11H2,1-2H3. The quantitative estimate of drug-likeness (QED) is 0.360. The number of nitro groups is 1. The smallest absolute Gasteiger partial charge is 0.326 e. The van der Waals surface area contributed by atoms with Crippen LogP contribution in [0, 0.1) is 10.1 Å². The van der Waals surface area contributed by atoms with Gasteiger partial charge in [0.25, 0.3) is 15.7 Å². The van der Waals surface area contributed by atoms with Crippen molar-refractivity contribution >= 4 is 39.0 Å². The lowest BCUT2D eigenvalue weighted by Crippen LogP contribution is -2.36. The van der Waals surface area contributed by atoms with E-state index in [1.54, 1.807) is 6.92 Å². The highest BCUT2D eigenvalue weighted by Gasteiger charge is 2.29. The second-order valence-corrected chi connectivity index (χ2v) is 7.66. The molecule has 150 valence electrons. The van der Waals surface area contributed by atoms with Crippen LogP contribution in [0.5, 0.6) is 5.75 Å². The number of methoxy groups -OCH3 is 1. The van der Waals surface area contributed by atoms with Gasteiger partial charge in [0, 0.05) is 12.1 Å². The van der Waals surface area contributed by atoms with E-state index in [4.69, 9.17) is 21.1 Å². The average molecular weight is 429 g/mol. The highest BCUT2D eigenvalue weighted by molar-refractivity contribution is 7.92. The Morgan fingerprint density at radius 3 is 2.54 bits per heavy atom. The molecule has 0 unspecified atom stereocenters. The van der Waals surface area contributed by atoms with Crippen LogP contribution in [0.15, 0.2) is 47.4 Å². The molecule has 11 heteroatoms. The first-order chi connectivity index (χ1) is 13.2. The fraction of sp³-hybridized carbons (Fsp3) is 0.235. The zero-order valence-corrected chi connectivity index (χ0v) is 16.6. The summed E-state index contributed by atoms with van der Waals surface area (Å²) >= 11 is 6.08. The van der Waals surface area contributed by atoms with E-state index in [-0.39, 0.29) is 22.2 Å². The summed E-state index contributed by atoms with van der Waals surface area (Å²) in [5, 5.41) is 11.1. The number of anilines is 1. The lowest BCUT2D eigenvalue weighted by atomic mass is 10.3. The van der Waals surface area contributed by atoms with Crippen molar-refractivity contribution in [1.29, 1.82) is 0 Å². The van der Waals surface area contributed by atoms with Gasteiger partial charge in [-0.15, -0.1) is 0 Å². The van der Waals surface area contributed by atoms with E-state index in [9.17, 15) is 23.3 Å². The average Bonchev–Trinajstić information content (AvgIpc) is 2.66. The van der Waals surface area contributed by atoms with E-state index >= 15 is 0 Å². The number of non-ortho nitro benzene ring substituents is 1. The largest absolute Gasteiger partial charge is 0.495 e. The van der Waals surface area contributed by atoms with Crippen molar-refractivity contribution in [1.82, 2.24) is 0 Å².